The van der Waals surface area contributed by atoms with Crippen LogP contribution in [0.1, 0.15) is 29.0 Å². The molecule has 0 spiro atoms. The third kappa shape index (κ3) is 3.31. The number of carboxylic acids is 1. The topological polar surface area (TPSA) is 111 Å². The number of carbonyl (C=O) groups excluding carboxylic acids is 3. The van der Waals surface area contributed by atoms with Gasteiger partial charge in [-0.2, -0.15) is 0 Å². The van der Waals surface area contributed by atoms with Gasteiger partial charge < -0.3 is 14.3 Å². The van der Waals surface area contributed by atoms with Crippen LogP contribution in [0.25, 0.3) is 0 Å². The highest BCUT2D eigenvalue weighted by Crippen LogP contribution is 2.25. The van der Waals surface area contributed by atoms with Crippen LogP contribution in [0.2, 0.25) is 0 Å². The first-order chi connectivity index (χ1) is 10.0. The van der Waals surface area contributed by atoms with Gasteiger partial charge in [0.05, 0.1) is 17.7 Å². The fraction of sp³-hybridized carbons (Fsp3) is 0.357. The van der Waals surface area contributed by atoms with Crippen molar-refractivity contribution in [2.24, 2.45) is 11.8 Å². The van der Waals surface area contributed by atoms with Gasteiger partial charge in [0, 0.05) is 11.9 Å². The fourth-order valence-corrected chi connectivity index (χ4v) is 2.26. The molecule has 2 N–H and O–H groups in total. The molecule has 2 rings (SSSR count). The van der Waals surface area contributed by atoms with Crippen molar-refractivity contribution >= 4 is 17.8 Å². The second-order valence-electron chi connectivity index (χ2n) is 4.81. The van der Waals surface area contributed by atoms with Gasteiger partial charge in [-0.25, -0.2) is 0 Å². The van der Waals surface area contributed by atoms with E-state index in [9.17, 15) is 19.5 Å². The maximum atomic E-state index is 12.0. The molecular formula is C14H15N2O5-. The highest BCUT2D eigenvalue weighted by molar-refractivity contribution is 5.96. The number of hydrogen-bond acceptors (Lipinski definition) is 5. The Morgan fingerprint density at radius 3 is 2.43 bits per heavy atom. The summed E-state index contributed by atoms with van der Waals surface area (Å²) >= 11 is 0. The van der Waals surface area contributed by atoms with Crippen LogP contribution in [0.4, 0.5) is 0 Å². The van der Waals surface area contributed by atoms with Crippen LogP contribution in [0.5, 0.6) is 0 Å². The minimum atomic E-state index is -1.27. The zero-order chi connectivity index (χ0) is 15.4. The van der Waals surface area contributed by atoms with E-state index in [2.05, 4.69) is 10.9 Å². The average molecular weight is 291 g/mol. The maximum absolute atomic E-state index is 12.0. The number of hydrogen-bond donors (Lipinski definition) is 2. The lowest BCUT2D eigenvalue weighted by Gasteiger charge is -2.28. The van der Waals surface area contributed by atoms with E-state index >= 15 is 0 Å². The first kappa shape index (κ1) is 14.8. The third-order valence-electron chi connectivity index (χ3n) is 3.47. The molecule has 1 aliphatic rings. The van der Waals surface area contributed by atoms with Crippen LogP contribution in [0.15, 0.2) is 28.9 Å². The monoisotopic (exact) mass is 291 g/mol. The molecular weight excluding hydrogens is 276 g/mol. The summed E-state index contributed by atoms with van der Waals surface area (Å²) in [7, 11) is 0. The number of carbonyl (C=O) groups is 3. The summed E-state index contributed by atoms with van der Waals surface area (Å²) in [5.74, 6) is -3.56. The van der Waals surface area contributed by atoms with E-state index in [1.807, 2.05) is 0 Å². The second kappa shape index (κ2) is 6.25. The Kier molecular flexibility index (Phi) is 4.42. The highest BCUT2D eigenvalue weighted by Gasteiger charge is 2.30. The van der Waals surface area contributed by atoms with Crippen molar-refractivity contribution in [1.29, 1.82) is 0 Å². The number of carboxylic acid groups (broad SMARTS) is 1. The van der Waals surface area contributed by atoms with Gasteiger partial charge >= 0.3 is 0 Å². The minimum Gasteiger partial charge on any atom is -0.550 e. The highest BCUT2D eigenvalue weighted by atomic mass is 16.4. The number of amides is 2. The molecule has 0 aromatic carbocycles. The van der Waals surface area contributed by atoms with Crippen molar-refractivity contribution in [1.82, 2.24) is 10.9 Å². The lowest BCUT2D eigenvalue weighted by atomic mass is 9.82. The van der Waals surface area contributed by atoms with Gasteiger partial charge in [0.1, 0.15) is 5.76 Å². The summed E-state index contributed by atoms with van der Waals surface area (Å²) in [6.07, 6.45) is 5.35. The number of nitrogens with one attached hydrogen (secondary N) is 2. The predicted octanol–water partition coefficient (Wildman–Crippen LogP) is -0.319. The number of hydrazine groups is 1. The van der Waals surface area contributed by atoms with E-state index in [0.717, 1.165) is 0 Å². The average Bonchev–Trinajstić information content (AvgIpc) is 2.90. The predicted molar refractivity (Wildman–Crippen MR) is 69.4 cm³/mol. The van der Waals surface area contributed by atoms with E-state index in [-0.39, 0.29) is 6.42 Å². The molecule has 0 radical (unpaired) electrons. The number of aryl methyl sites for hydroxylation is 1. The van der Waals surface area contributed by atoms with Crippen LogP contribution in [0, 0.1) is 18.8 Å². The molecule has 0 unspecified atom stereocenters. The van der Waals surface area contributed by atoms with Crippen molar-refractivity contribution in [2.45, 2.75) is 19.8 Å². The molecule has 0 aliphatic heterocycles. The lowest BCUT2D eigenvalue weighted by molar-refractivity contribution is -0.313. The molecule has 112 valence electrons. The first-order valence-corrected chi connectivity index (χ1v) is 6.51. The van der Waals surface area contributed by atoms with Gasteiger partial charge in [0.2, 0.25) is 5.91 Å². The van der Waals surface area contributed by atoms with Gasteiger partial charge in [-0.15, -0.1) is 0 Å². The number of allylic oxidation sites excluding steroid dienone is 2. The summed E-state index contributed by atoms with van der Waals surface area (Å²) in [5.41, 5.74) is 4.80. The molecule has 2 amide bonds. The van der Waals surface area contributed by atoms with Crippen LogP contribution in [-0.2, 0) is 9.59 Å². The van der Waals surface area contributed by atoms with Crippen LogP contribution in [-0.4, -0.2) is 17.8 Å². The quantitative estimate of drug-likeness (QED) is 0.585. The molecule has 1 aromatic rings. The van der Waals surface area contributed by atoms with Gasteiger partial charge in [-0.3, -0.25) is 20.4 Å². The lowest BCUT2D eigenvalue weighted by Crippen LogP contribution is -2.49. The Morgan fingerprint density at radius 1 is 1.19 bits per heavy atom. The van der Waals surface area contributed by atoms with Gasteiger partial charge in [0.25, 0.3) is 5.91 Å². The van der Waals surface area contributed by atoms with E-state index < -0.39 is 29.6 Å². The maximum Gasteiger partial charge on any atom is 0.273 e. The van der Waals surface area contributed by atoms with Crippen molar-refractivity contribution < 1.29 is 23.9 Å². The van der Waals surface area contributed by atoms with Crippen LogP contribution in [0.3, 0.4) is 0 Å². The van der Waals surface area contributed by atoms with Crippen molar-refractivity contribution in [3.63, 3.8) is 0 Å². The van der Waals surface area contributed by atoms with Gasteiger partial charge in [-0.1, -0.05) is 12.2 Å². The summed E-state index contributed by atoms with van der Waals surface area (Å²) < 4.78 is 4.99. The van der Waals surface area contributed by atoms with E-state index in [0.29, 0.717) is 17.7 Å². The molecule has 7 nitrogen and oxygen atoms in total. The molecule has 0 fully saturated rings. The molecule has 1 aliphatic carbocycles. The Balaban J connectivity index is 1.95. The molecule has 1 aromatic heterocycles. The van der Waals surface area contributed by atoms with Crippen molar-refractivity contribution in [3.05, 3.63) is 35.8 Å². The SMILES string of the molecule is Cc1occc1C(=O)NNC(=O)[C@H]1CC=CC[C@@H]1C(=O)[O-]. The molecule has 2 atom stereocenters. The first-order valence-electron chi connectivity index (χ1n) is 6.51. The van der Waals surface area contributed by atoms with E-state index in [4.69, 9.17) is 4.42 Å². The zero-order valence-corrected chi connectivity index (χ0v) is 11.4. The van der Waals surface area contributed by atoms with E-state index in [1.165, 1.54) is 12.3 Å². The Bertz CT molecular complexity index is 590. The Hall–Kier alpha value is -2.57. The molecule has 0 saturated carbocycles. The Labute approximate surface area is 121 Å². The third-order valence-corrected chi connectivity index (χ3v) is 3.47. The Morgan fingerprint density at radius 2 is 1.86 bits per heavy atom. The summed E-state index contributed by atoms with van der Waals surface area (Å²) in [5, 5.41) is 11.0. The molecule has 21 heavy (non-hydrogen) atoms. The van der Waals surface area contributed by atoms with Crippen LogP contribution >= 0.6 is 0 Å². The molecule has 0 bridgehead atoms. The van der Waals surface area contributed by atoms with Gasteiger partial charge in [-0.05, 0) is 25.8 Å². The number of rotatable bonds is 3. The molecule has 7 heteroatoms. The largest absolute Gasteiger partial charge is 0.550 e. The summed E-state index contributed by atoms with van der Waals surface area (Å²) in [6, 6.07) is 1.48. The summed E-state index contributed by atoms with van der Waals surface area (Å²) in [6.45, 7) is 1.62. The standard InChI is InChI=1S/C14H16N2O5/c1-8-9(6-7-21-8)12(17)15-16-13(18)10-4-2-3-5-11(10)14(19)20/h2-3,6-7,10-11H,4-5H2,1H3,(H,15,17)(H,16,18)(H,19,20)/p-1/t10-,11-/m0/s1. The van der Waals surface area contributed by atoms with Gasteiger partial charge in [0.15, 0.2) is 0 Å². The zero-order valence-electron chi connectivity index (χ0n) is 11.4. The summed E-state index contributed by atoms with van der Waals surface area (Å²) in [4.78, 5) is 34.8. The fourth-order valence-electron chi connectivity index (χ4n) is 2.26. The second-order valence-corrected chi connectivity index (χ2v) is 4.81. The number of aliphatic carboxylic acids is 1. The van der Waals surface area contributed by atoms with Crippen molar-refractivity contribution in [2.75, 3.05) is 0 Å². The van der Waals surface area contributed by atoms with Crippen molar-refractivity contribution in [3.8, 4) is 0 Å². The molecule has 1 heterocycles. The number of furan rings is 1. The molecule has 0 saturated heterocycles. The van der Waals surface area contributed by atoms with Crippen LogP contribution < -0.4 is 16.0 Å². The normalized spacial score (nSPS) is 20.8. The smallest absolute Gasteiger partial charge is 0.273 e. The van der Waals surface area contributed by atoms with E-state index in [1.54, 1.807) is 19.1 Å². The minimum absolute atomic E-state index is 0.245.